The molecule has 0 N–H and O–H groups in total. The number of ether oxygens (including phenoxy) is 3. The molecule has 60 heavy (non-hydrogen) atoms. The van der Waals surface area contributed by atoms with Gasteiger partial charge in [0, 0.05) is 19.3 Å². The van der Waals surface area contributed by atoms with E-state index in [2.05, 4.69) is 45.1 Å². The monoisotopic (exact) mass is 845 g/mol. The zero-order chi connectivity index (χ0) is 43.7. The van der Waals surface area contributed by atoms with Crippen LogP contribution >= 0.6 is 0 Å². The maximum atomic E-state index is 12.8. The molecule has 0 aromatic rings. The normalized spacial score (nSPS) is 12.1. The van der Waals surface area contributed by atoms with Gasteiger partial charge in [-0.05, 0) is 51.4 Å². The summed E-state index contributed by atoms with van der Waals surface area (Å²) < 4.78 is 16.8. The second kappa shape index (κ2) is 49.5. The van der Waals surface area contributed by atoms with Crippen LogP contribution in [-0.2, 0) is 28.6 Å². The number of esters is 3. The Morgan fingerprint density at radius 1 is 0.333 bits per heavy atom. The van der Waals surface area contributed by atoms with Crippen molar-refractivity contribution >= 4 is 17.9 Å². The number of carbonyl (C=O) groups excluding carboxylic acids is 3. The fourth-order valence-corrected chi connectivity index (χ4v) is 7.71. The average molecular weight is 845 g/mol. The summed E-state index contributed by atoms with van der Waals surface area (Å²) in [6.45, 7) is 6.62. The lowest BCUT2D eigenvalue weighted by molar-refractivity contribution is -0.167. The molecule has 0 radical (unpaired) electrons. The molecule has 1 atom stereocenters. The Labute approximate surface area is 373 Å². The van der Waals surface area contributed by atoms with Crippen molar-refractivity contribution in [1.82, 2.24) is 0 Å². The lowest BCUT2D eigenvalue weighted by Crippen LogP contribution is -2.30. The minimum absolute atomic E-state index is 0.0722. The van der Waals surface area contributed by atoms with Crippen molar-refractivity contribution in [3.63, 3.8) is 0 Å². The second-order valence-electron chi connectivity index (χ2n) is 17.8. The van der Waals surface area contributed by atoms with Crippen molar-refractivity contribution in [2.45, 2.75) is 290 Å². The van der Waals surface area contributed by atoms with Crippen molar-refractivity contribution in [1.29, 1.82) is 0 Å². The molecular weight excluding hydrogens is 745 g/mol. The smallest absolute Gasteiger partial charge is 0.306 e. The molecule has 0 aliphatic rings. The van der Waals surface area contributed by atoms with E-state index in [9.17, 15) is 14.4 Å². The van der Waals surface area contributed by atoms with Gasteiger partial charge in [0.1, 0.15) is 13.2 Å². The molecule has 352 valence electrons. The highest BCUT2D eigenvalue weighted by Crippen LogP contribution is 2.16. The van der Waals surface area contributed by atoms with E-state index in [1.165, 1.54) is 167 Å². The molecule has 0 aliphatic carbocycles. The van der Waals surface area contributed by atoms with E-state index >= 15 is 0 Å². The Morgan fingerprint density at radius 3 is 0.950 bits per heavy atom. The zero-order valence-corrected chi connectivity index (χ0v) is 40.2. The number of hydrogen-bond donors (Lipinski definition) is 0. The summed E-state index contributed by atoms with van der Waals surface area (Å²) in [5.74, 6) is -0.873. The molecule has 6 heteroatoms. The van der Waals surface area contributed by atoms with Gasteiger partial charge < -0.3 is 14.2 Å². The summed E-state index contributed by atoms with van der Waals surface area (Å²) in [6, 6.07) is 0. The predicted octanol–water partition coefficient (Wildman–Crippen LogP) is 17.2. The quantitative estimate of drug-likeness (QED) is 0.0263. The molecule has 0 fully saturated rings. The van der Waals surface area contributed by atoms with E-state index < -0.39 is 6.10 Å². The Balaban J connectivity index is 4.31. The first-order valence-electron chi connectivity index (χ1n) is 26.3. The molecule has 0 rings (SSSR count). The van der Waals surface area contributed by atoms with Crippen LogP contribution in [0.15, 0.2) is 24.3 Å². The van der Waals surface area contributed by atoms with E-state index in [4.69, 9.17) is 14.2 Å². The van der Waals surface area contributed by atoms with Gasteiger partial charge in [-0.25, -0.2) is 0 Å². The van der Waals surface area contributed by atoms with Crippen LogP contribution in [0.1, 0.15) is 284 Å². The summed E-state index contributed by atoms with van der Waals surface area (Å²) in [4.78, 5) is 37.9. The average Bonchev–Trinajstić information content (AvgIpc) is 3.24. The lowest BCUT2D eigenvalue weighted by Gasteiger charge is -2.18. The first kappa shape index (κ1) is 57.9. The number of hydrogen-bond acceptors (Lipinski definition) is 6. The Hall–Kier alpha value is -2.11. The standard InChI is InChI=1S/C54H100O6/c1-4-7-10-13-16-19-22-24-26-27-29-30-32-35-38-41-44-47-53(56)59-50-51(49-58-52(55)46-43-40-37-34-21-18-15-12-9-6-3)60-54(57)48-45-42-39-36-33-31-28-25-23-20-17-14-11-8-5-2/h17,20,25,28,51H,4-16,18-19,21-24,26-27,29-50H2,1-3H3/b20-17-,28-25-. The van der Waals surface area contributed by atoms with Gasteiger partial charge in [0.05, 0.1) is 0 Å². The molecule has 0 bridgehead atoms. The molecule has 0 aromatic carbocycles. The van der Waals surface area contributed by atoms with Crippen LogP contribution in [0.3, 0.4) is 0 Å². The van der Waals surface area contributed by atoms with E-state index in [0.29, 0.717) is 19.3 Å². The summed E-state index contributed by atoms with van der Waals surface area (Å²) in [6.07, 6.45) is 55.9. The largest absolute Gasteiger partial charge is 0.462 e. The van der Waals surface area contributed by atoms with Crippen LogP contribution in [0, 0.1) is 0 Å². The van der Waals surface area contributed by atoms with Crippen molar-refractivity contribution in [2.75, 3.05) is 13.2 Å². The fraction of sp³-hybridized carbons (Fsp3) is 0.870. The van der Waals surface area contributed by atoms with Gasteiger partial charge in [-0.1, -0.05) is 238 Å². The van der Waals surface area contributed by atoms with Crippen LogP contribution in [0.4, 0.5) is 0 Å². The molecule has 0 aliphatic heterocycles. The molecule has 0 spiro atoms. The molecular formula is C54H100O6. The van der Waals surface area contributed by atoms with Crippen LogP contribution in [0.2, 0.25) is 0 Å². The van der Waals surface area contributed by atoms with Crippen LogP contribution < -0.4 is 0 Å². The van der Waals surface area contributed by atoms with Crippen LogP contribution in [-0.4, -0.2) is 37.2 Å². The molecule has 0 saturated carbocycles. The van der Waals surface area contributed by atoms with Crippen LogP contribution in [0.25, 0.3) is 0 Å². The summed E-state index contributed by atoms with van der Waals surface area (Å²) >= 11 is 0. The number of carbonyl (C=O) groups is 3. The molecule has 0 saturated heterocycles. The summed E-state index contributed by atoms with van der Waals surface area (Å²) in [5.41, 5.74) is 0. The van der Waals surface area contributed by atoms with Gasteiger partial charge in [-0.3, -0.25) is 14.4 Å². The summed E-state index contributed by atoms with van der Waals surface area (Å²) in [5, 5.41) is 0. The van der Waals surface area contributed by atoms with E-state index in [-0.39, 0.29) is 31.1 Å². The van der Waals surface area contributed by atoms with E-state index in [1.54, 1.807) is 0 Å². The maximum absolute atomic E-state index is 12.8. The highest BCUT2D eigenvalue weighted by molar-refractivity contribution is 5.71. The molecule has 0 amide bonds. The van der Waals surface area contributed by atoms with Crippen LogP contribution in [0.5, 0.6) is 0 Å². The third kappa shape index (κ3) is 46.9. The topological polar surface area (TPSA) is 78.9 Å². The van der Waals surface area contributed by atoms with Gasteiger partial charge >= 0.3 is 17.9 Å². The van der Waals surface area contributed by atoms with E-state index in [1.807, 2.05) is 0 Å². The number of rotatable bonds is 48. The highest BCUT2D eigenvalue weighted by Gasteiger charge is 2.19. The van der Waals surface area contributed by atoms with Crippen molar-refractivity contribution in [3.8, 4) is 0 Å². The van der Waals surface area contributed by atoms with Gasteiger partial charge in [-0.2, -0.15) is 0 Å². The molecule has 0 heterocycles. The van der Waals surface area contributed by atoms with Crippen molar-refractivity contribution in [2.24, 2.45) is 0 Å². The predicted molar refractivity (Wildman–Crippen MR) is 256 cm³/mol. The maximum Gasteiger partial charge on any atom is 0.306 e. The second-order valence-corrected chi connectivity index (χ2v) is 17.8. The Morgan fingerprint density at radius 2 is 0.600 bits per heavy atom. The zero-order valence-electron chi connectivity index (χ0n) is 40.2. The number of allylic oxidation sites excluding steroid dienone is 4. The Kier molecular flexibility index (Phi) is 47.8. The van der Waals surface area contributed by atoms with Gasteiger partial charge in [-0.15, -0.1) is 0 Å². The van der Waals surface area contributed by atoms with Gasteiger partial charge in [0.15, 0.2) is 6.10 Å². The van der Waals surface area contributed by atoms with Gasteiger partial charge in [0.25, 0.3) is 0 Å². The fourth-order valence-electron chi connectivity index (χ4n) is 7.71. The van der Waals surface area contributed by atoms with Crippen molar-refractivity contribution in [3.05, 3.63) is 24.3 Å². The Bertz CT molecular complexity index is 973. The minimum Gasteiger partial charge on any atom is -0.462 e. The first-order chi connectivity index (χ1) is 29.5. The highest BCUT2D eigenvalue weighted by atomic mass is 16.6. The third-order valence-electron chi connectivity index (χ3n) is 11.7. The molecule has 1 unspecified atom stereocenters. The third-order valence-corrected chi connectivity index (χ3v) is 11.7. The summed E-state index contributed by atoms with van der Waals surface area (Å²) in [7, 11) is 0. The SMILES string of the molecule is CCCCC/C=C\C/C=C\CCCCCCCC(=O)OC(COC(=O)CCCCCCCCCCCC)COC(=O)CCCCCCCCCCCCCCCCCCC. The van der Waals surface area contributed by atoms with Gasteiger partial charge in [0.2, 0.25) is 0 Å². The first-order valence-corrected chi connectivity index (χ1v) is 26.3. The molecule has 6 nitrogen and oxygen atoms in total. The minimum atomic E-state index is -0.772. The van der Waals surface area contributed by atoms with E-state index in [0.717, 1.165) is 77.0 Å². The molecule has 0 aromatic heterocycles. The number of unbranched alkanes of at least 4 members (excludes halogenated alkanes) is 33. The van der Waals surface area contributed by atoms with Crippen molar-refractivity contribution < 1.29 is 28.6 Å². The lowest BCUT2D eigenvalue weighted by atomic mass is 10.0.